The van der Waals surface area contributed by atoms with E-state index in [1.54, 1.807) is 57.3 Å². The molecule has 0 aliphatic rings. The van der Waals surface area contributed by atoms with Crippen LogP contribution in [0.4, 0.5) is 11.4 Å². The van der Waals surface area contributed by atoms with Gasteiger partial charge < -0.3 is 19.6 Å². The molecule has 0 atom stereocenters. The number of hydrogen-bond acceptors (Lipinski definition) is 5. The van der Waals surface area contributed by atoms with Crippen molar-refractivity contribution in [1.29, 1.82) is 0 Å². The van der Waals surface area contributed by atoms with Gasteiger partial charge in [-0.15, -0.1) is 0 Å². The molecule has 31 heavy (non-hydrogen) atoms. The second-order valence-electron chi connectivity index (χ2n) is 6.73. The van der Waals surface area contributed by atoms with Crippen molar-refractivity contribution in [3.05, 3.63) is 66.4 Å². The summed E-state index contributed by atoms with van der Waals surface area (Å²) in [5.41, 5.74) is 1.10. The molecule has 2 heterocycles. The zero-order valence-electron chi connectivity index (χ0n) is 17.5. The summed E-state index contributed by atoms with van der Waals surface area (Å²) in [5.74, 6) is -0.722. The molecule has 1 aromatic carbocycles. The number of sulfonamides is 1. The van der Waals surface area contributed by atoms with E-state index in [9.17, 15) is 18.0 Å². The van der Waals surface area contributed by atoms with Crippen molar-refractivity contribution >= 4 is 33.2 Å². The van der Waals surface area contributed by atoms with Gasteiger partial charge in [0.15, 0.2) is 5.76 Å². The molecule has 0 bridgehead atoms. The Bertz CT molecular complexity index is 1180. The van der Waals surface area contributed by atoms with E-state index in [0.717, 1.165) is 0 Å². The van der Waals surface area contributed by atoms with Crippen molar-refractivity contribution in [1.82, 2.24) is 8.87 Å². The van der Waals surface area contributed by atoms with Gasteiger partial charge in [0.1, 0.15) is 10.6 Å². The van der Waals surface area contributed by atoms with Gasteiger partial charge in [-0.25, -0.2) is 8.42 Å². The maximum Gasteiger partial charge on any atom is 0.291 e. The Kier molecular flexibility index (Phi) is 6.62. The zero-order valence-corrected chi connectivity index (χ0v) is 18.3. The maximum absolute atomic E-state index is 12.8. The first-order chi connectivity index (χ1) is 14.8. The number of anilines is 2. The Hall–Kier alpha value is -3.37. The van der Waals surface area contributed by atoms with Gasteiger partial charge in [-0.05, 0) is 36.4 Å². The van der Waals surface area contributed by atoms with Crippen molar-refractivity contribution in [2.24, 2.45) is 7.05 Å². The Morgan fingerprint density at radius 1 is 1.00 bits per heavy atom. The average molecular weight is 445 g/mol. The number of rotatable bonds is 8. The zero-order chi connectivity index (χ0) is 22.6. The molecule has 0 aliphatic carbocycles. The number of carbonyl (C=O) groups is 2. The molecule has 10 heteroatoms. The molecule has 3 rings (SSSR count). The summed E-state index contributed by atoms with van der Waals surface area (Å²) in [6, 6.07) is 11.1. The van der Waals surface area contributed by atoms with E-state index < -0.39 is 21.8 Å². The number of aryl methyl sites for hydroxylation is 1. The Morgan fingerprint density at radius 2 is 1.65 bits per heavy atom. The minimum Gasteiger partial charge on any atom is -0.459 e. The minimum absolute atomic E-state index is 0.0586. The first-order valence-corrected chi connectivity index (χ1v) is 11.1. The number of hydrogen-bond donors (Lipinski definition) is 2. The fourth-order valence-corrected chi connectivity index (χ4v) is 4.61. The summed E-state index contributed by atoms with van der Waals surface area (Å²) < 4.78 is 33.3. The number of carbonyl (C=O) groups excluding carboxylic acids is 2. The summed E-state index contributed by atoms with van der Waals surface area (Å²) in [6.45, 7) is 4.20. The van der Waals surface area contributed by atoms with Crippen LogP contribution in [0.5, 0.6) is 0 Å². The number of benzene rings is 1. The number of nitrogens with one attached hydrogen (secondary N) is 2. The number of furan rings is 1. The SMILES string of the molecule is CCN(CC)S(=O)(=O)c1cc(C(=O)Nc2cccc(NC(=O)c3ccco3)c2)n(C)c1. The van der Waals surface area contributed by atoms with E-state index in [4.69, 9.17) is 4.42 Å². The summed E-state index contributed by atoms with van der Waals surface area (Å²) in [5, 5.41) is 5.41. The standard InChI is InChI=1S/C21H24N4O5S/c1-4-25(5-2)31(28,29)17-13-18(24(3)14-17)20(26)22-15-8-6-9-16(12-15)23-21(27)19-10-7-11-30-19/h6-14H,4-5H2,1-3H3,(H,22,26)(H,23,27). The van der Waals surface area contributed by atoms with E-state index >= 15 is 0 Å². The third kappa shape index (κ3) is 4.86. The highest BCUT2D eigenvalue weighted by atomic mass is 32.2. The van der Waals surface area contributed by atoms with Crippen LogP contribution in [0.3, 0.4) is 0 Å². The highest BCUT2D eigenvalue weighted by Crippen LogP contribution is 2.21. The van der Waals surface area contributed by atoms with Crippen LogP contribution >= 0.6 is 0 Å². The molecule has 0 radical (unpaired) electrons. The fourth-order valence-electron chi connectivity index (χ4n) is 3.08. The molecule has 0 spiro atoms. The third-order valence-corrected chi connectivity index (χ3v) is 6.69. The highest BCUT2D eigenvalue weighted by Gasteiger charge is 2.25. The van der Waals surface area contributed by atoms with E-state index in [1.165, 1.54) is 27.4 Å². The molecule has 2 N–H and O–H groups in total. The molecule has 3 aromatic rings. The predicted molar refractivity (Wildman–Crippen MR) is 117 cm³/mol. The van der Waals surface area contributed by atoms with Crippen molar-refractivity contribution in [2.45, 2.75) is 18.7 Å². The fraction of sp³-hybridized carbons (Fsp3) is 0.238. The smallest absolute Gasteiger partial charge is 0.291 e. The summed E-state index contributed by atoms with van der Waals surface area (Å²) >= 11 is 0. The Labute approximate surface area is 180 Å². The van der Waals surface area contributed by atoms with Gasteiger partial charge in [0.25, 0.3) is 11.8 Å². The van der Waals surface area contributed by atoms with Crippen LogP contribution in [0.15, 0.2) is 64.2 Å². The summed E-state index contributed by atoms with van der Waals surface area (Å²) in [4.78, 5) is 24.9. The molecule has 9 nitrogen and oxygen atoms in total. The van der Waals surface area contributed by atoms with Crippen LogP contribution < -0.4 is 10.6 Å². The first kappa shape index (κ1) is 22.3. The second-order valence-corrected chi connectivity index (χ2v) is 8.67. The lowest BCUT2D eigenvalue weighted by Gasteiger charge is -2.17. The molecule has 0 fully saturated rings. The normalized spacial score (nSPS) is 11.5. The first-order valence-electron chi connectivity index (χ1n) is 9.69. The van der Waals surface area contributed by atoms with Crippen molar-refractivity contribution in [3.8, 4) is 0 Å². The Balaban J connectivity index is 1.76. The average Bonchev–Trinajstić information content (AvgIpc) is 3.39. The largest absolute Gasteiger partial charge is 0.459 e. The van der Waals surface area contributed by atoms with Gasteiger partial charge in [0, 0.05) is 37.7 Å². The van der Waals surface area contributed by atoms with Gasteiger partial charge in [-0.3, -0.25) is 9.59 Å². The van der Waals surface area contributed by atoms with Crippen LogP contribution in [-0.2, 0) is 17.1 Å². The molecule has 0 saturated carbocycles. The molecule has 164 valence electrons. The molecular weight excluding hydrogens is 420 g/mol. The molecular formula is C21H24N4O5S. The quantitative estimate of drug-likeness (QED) is 0.554. The van der Waals surface area contributed by atoms with Crippen LogP contribution in [0.25, 0.3) is 0 Å². The lowest BCUT2D eigenvalue weighted by Crippen LogP contribution is -2.30. The van der Waals surface area contributed by atoms with Crippen molar-refractivity contribution < 1.29 is 22.4 Å². The lowest BCUT2D eigenvalue weighted by atomic mass is 10.2. The van der Waals surface area contributed by atoms with Gasteiger partial charge in [0.2, 0.25) is 10.0 Å². The van der Waals surface area contributed by atoms with Crippen LogP contribution in [0, 0.1) is 0 Å². The van der Waals surface area contributed by atoms with E-state index in [2.05, 4.69) is 10.6 Å². The van der Waals surface area contributed by atoms with Gasteiger partial charge in [-0.1, -0.05) is 19.9 Å². The number of amides is 2. The monoisotopic (exact) mass is 444 g/mol. The number of nitrogens with zero attached hydrogens (tertiary/aromatic N) is 2. The molecule has 0 aliphatic heterocycles. The van der Waals surface area contributed by atoms with Gasteiger partial charge in [-0.2, -0.15) is 4.31 Å². The van der Waals surface area contributed by atoms with Gasteiger partial charge in [0.05, 0.1) is 6.26 Å². The van der Waals surface area contributed by atoms with E-state index in [1.807, 2.05) is 0 Å². The minimum atomic E-state index is -3.67. The highest BCUT2D eigenvalue weighted by molar-refractivity contribution is 7.89. The van der Waals surface area contributed by atoms with Crippen LogP contribution in [-0.4, -0.2) is 42.2 Å². The predicted octanol–water partition coefficient (Wildman–Crippen LogP) is 3.15. The Morgan fingerprint density at radius 3 is 2.23 bits per heavy atom. The molecule has 2 amide bonds. The lowest BCUT2D eigenvalue weighted by molar-refractivity contribution is 0.0994. The second kappa shape index (κ2) is 9.19. The van der Waals surface area contributed by atoms with Crippen LogP contribution in [0.2, 0.25) is 0 Å². The number of aromatic nitrogens is 1. The molecule has 2 aromatic heterocycles. The van der Waals surface area contributed by atoms with E-state index in [0.29, 0.717) is 24.5 Å². The summed E-state index contributed by atoms with van der Waals surface area (Å²) in [6.07, 6.45) is 2.82. The van der Waals surface area contributed by atoms with Crippen molar-refractivity contribution in [2.75, 3.05) is 23.7 Å². The van der Waals surface area contributed by atoms with Crippen LogP contribution in [0.1, 0.15) is 34.9 Å². The molecule has 0 saturated heterocycles. The maximum atomic E-state index is 12.8. The van der Waals surface area contributed by atoms with E-state index in [-0.39, 0.29) is 16.3 Å². The molecule has 0 unspecified atom stereocenters. The topological polar surface area (TPSA) is 114 Å². The third-order valence-electron chi connectivity index (χ3n) is 4.68. The van der Waals surface area contributed by atoms with Crippen molar-refractivity contribution in [3.63, 3.8) is 0 Å². The van der Waals surface area contributed by atoms with Gasteiger partial charge >= 0.3 is 0 Å². The summed E-state index contributed by atoms with van der Waals surface area (Å²) in [7, 11) is -2.07.